The second kappa shape index (κ2) is 3.20. The van der Waals surface area contributed by atoms with Crippen LogP contribution in [0.15, 0.2) is 48.3 Å². The van der Waals surface area contributed by atoms with Crippen LogP contribution in [0.4, 0.5) is 5.69 Å². The number of nitrogens with zero attached hydrogens (tertiary/aromatic N) is 1. The smallest absolute Gasteiger partial charge is 0.0729 e. The molecule has 2 aliphatic rings. The molecular weight excluding hydrogens is 208 g/mol. The molecule has 0 radical (unpaired) electrons. The lowest BCUT2D eigenvalue weighted by Crippen LogP contribution is -2.10. The molecule has 0 spiro atoms. The molecule has 0 saturated heterocycles. The molecule has 4 rings (SSSR count). The number of allylic oxidation sites excluding steroid dienone is 3. The number of benzene rings is 1. The van der Waals surface area contributed by atoms with Crippen LogP contribution in [0.2, 0.25) is 0 Å². The number of hydrogen-bond acceptors (Lipinski definition) is 2. The van der Waals surface area contributed by atoms with E-state index in [0.29, 0.717) is 0 Å². The van der Waals surface area contributed by atoms with Crippen molar-refractivity contribution < 1.29 is 0 Å². The predicted octanol–water partition coefficient (Wildman–Crippen LogP) is 3.72. The second-order valence-corrected chi connectivity index (χ2v) is 4.52. The highest BCUT2D eigenvalue weighted by Crippen LogP contribution is 2.40. The molecule has 0 saturated carbocycles. The molecule has 82 valence electrons. The molecule has 1 aliphatic carbocycles. The first-order chi connectivity index (χ1) is 8.43. The maximum absolute atomic E-state index is 4.44. The van der Waals surface area contributed by atoms with E-state index in [1.165, 1.54) is 27.9 Å². The van der Waals surface area contributed by atoms with E-state index >= 15 is 0 Å². The van der Waals surface area contributed by atoms with E-state index in [4.69, 9.17) is 0 Å². The fourth-order valence-corrected chi connectivity index (χ4v) is 2.77. The number of hydrogen-bond donors (Lipinski definition) is 1. The molecule has 2 nitrogen and oxygen atoms in total. The highest BCUT2D eigenvalue weighted by Gasteiger charge is 2.20. The van der Waals surface area contributed by atoms with Crippen LogP contribution in [0, 0.1) is 0 Å². The minimum absolute atomic E-state index is 1.08. The lowest BCUT2D eigenvalue weighted by molar-refractivity contribution is 1.04. The minimum atomic E-state index is 1.08. The first-order valence-corrected chi connectivity index (χ1v) is 5.98. The summed E-state index contributed by atoms with van der Waals surface area (Å²) in [6.07, 6.45) is 8.59. The molecule has 1 aromatic heterocycles. The predicted molar refractivity (Wildman–Crippen MR) is 70.7 cm³/mol. The van der Waals surface area contributed by atoms with Crippen molar-refractivity contribution in [3.05, 3.63) is 53.9 Å². The normalized spacial score (nSPS) is 16.9. The molecule has 1 aromatic carbocycles. The molecule has 2 aromatic rings. The molecule has 2 heteroatoms. The maximum atomic E-state index is 4.44. The van der Waals surface area contributed by atoms with Crippen molar-refractivity contribution in [2.45, 2.75) is 12.8 Å². The number of nitrogens with one attached hydrogen (secondary N) is 1. The molecule has 0 atom stereocenters. The van der Waals surface area contributed by atoms with Crippen LogP contribution in [0.1, 0.15) is 18.4 Å². The topological polar surface area (TPSA) is 24.9 Å². The van der Waals surface area contributed by atoms with Gasteiger partial charge in [0.2, 0.25) is 0 Å². The zero-order chi connectivity index (χ0) is 11.2. The summed E-state index contributed by atoms with van der Waals surface area (Å²) in [4.78, 5) is 4.44. The molecule has 0 bridgehead atoms. The van der Waals surface area contributed by atoms with Crippen LogP contribution in [0.5, 0.6) is 0 Å². The van der Waals surface area contributed by atoms with E-state index in [1.807, 2.05) is 6.20 Å². The van der Waals surface area contributed by atoms with Gasteiger partial charge in [-0.3, -0.25) is 4.98 Å². The van der Waals surface area contributed by atoms with Gasteiger partial charge < -0.3 is 5.32 Å². The fraction of sp³-hybridized carbons (Fsp3) is 0.133. The molecule has 2 heterocycles. The monoisotopic (exact) mass is 220 g/mol. The Kier molecular flexibility index (Phi) is 1.69. The van der Waals surface area contributed by atoms with Crippen LogP contribution >= 0.6 is 0 Å². The average molecular weight is 220 g/mol. The molecule has 0 fully saturated rings. The van der Waals surface area contributed by atoms with Crippen LogP contribution in [0.3, 0.4) is 0 Å². The first kappa shape index (κ1) is 8.99. The third kappa shape index (κ3) is 1.18. The number of pyridine rings is 1. The van der Waals surface area contributed by atoms with Gasteiger partial charge in [0.15, 0.2) is 0 Å². The second-order valence-electron chi connectivity index (χ2n) is 4.52. The van der Waals surface area contributed by atoms with Crippen LogP contribution in [0.25, 0.3) is 16.5 Å². The van der Waals surface area contributed by atoms with E-state index in [9.17, 15) is 0 Å². The summed E-state index contributed by atoms with van der Waals surface area (Å²) in [5.74, 6) is 0. The molecule has 17 heavy (non-hydrogen) atoms. The Bertz CT molecular complexity index is 675. The summed E-state index contributed by atoms with van der Waals surface area (Å²) in [6, 6.07) is 8.40. The average Bonchev–Trinajstić information content (AvgIpc) is 2.39. The number of anilines is 1. The van der Waals surface area contributed by atoms with Gasteiger partial charge in [-0.05, 0) is 48.3 Å². The lowest BCUT2D eigenvalue weighted by atomic mass is 9.89. The summed E-state index contributed by atoms with van der Waals surface area (Å²) >= 11 is 0. The lowest BCUT2D eigenvalue weighted by Gasteiger charge is -2.25. The number of aromatic nitrogens is 1. The Morgan fingerprint density at radius 2 is 2.18 bits per heavy atom. The van der Waals surface area contributed by atoms with Crippen molar-refractivity contribution in [1.82, 2.24) is 4.98 Å². The third-order valence-corrected chi connectivity index (χ3v) is 3.53. The SMILES string of the molecule is C1=CC2=C(CC1)c1ccnc3cccc(c13)N2. The van der Waals surface area contributed by atoms with Gasteiger partial charge in [0.25, 0.3) is 0 Å². The van der Waals surface area contributed by atoms with E-state index in [-0.39, 0.29) is 0 Å². The van der Waals surface area contributed by atoms with Crippen LogP contribution in [-0.2, 0) is 0 Å². The largest absolute Gasteiger partial charge is 0.355 e. The van der Waals surface area contributed by atoms with Crippen LogP contribution in [-0.4, -0.2) is 4.98 Å². The molecular formula is C15H12N2. The van der Waals surface area contributed by atoms with E-state index in [0.717, 1.165) is 18.4 Å². The molecule has 0 amide bonds. The standard InChI is InChI=1S/C15H12N2/c1-2-5-12-10(4-1)11-8-9-16-13-6-3-7-14(17-12)15(11)13/h2-3,5-9,17H,1,4H2. The minimum Gasteiger partial charge on any atom is -0.355 e. The summed E-state index contributed by atoms with van der Waals surface area (Å²) < 4.78 is 0. The zero-order valence-electron chi connectivity index (χ0n) is 9.40. The van der Waals surface area contributed by atoms with Crippen molar-refractivity contribution >= 4 is 22.2 Å². The molecule has 1 N–H and O–H groups in total. The quantitative estimate of drug-likeness (QED) is 0.731. The van der Waals surface area contributed by atoms with Crippen molar-refractivity contribution in [2.75, 3.05) is 5.32 Å². The van der Waals surface area contributed by atoms with Gasteiger partial charge in [-0.1, -0.05) is 12.1 Å². The van der Waals surface area contributed by atoms with E-state index in [1.54, 1.807) is 0 Å². The van der Waals surface area contributed by atoms with Gasteiger partial charge in [-0.25, -0.2) is 0 Å². The Labute approximate surface area is 99.7 Å². The summed E-state index contributed by atoms with van der Waals surface area (Å²) in [6.45, 7) is 0. The highest BCUT2D eigenvalue weighted by atomic mass is 14.9. The number of rotatable bonds is 0. The Balaban J connectivity index is 2.13. The summed E-state index contributed by atoms with van der Waals surface area (Å²) in [5, 5.41) is 4.78. The van der Waals surface area contributed by atoms with Gasteiger partial charge in [0.1, 0.15) is 0 Å². The van der Waals surface area contributed by atoms with Gasteiger partial charge in [0.05, 0.1) is 5.52 Å². The van der Waals surface area contributed by atoms with Gasteiger partial charge in [0, 0.05) is 23.0 Å². The van der Waals surface area contributed by atoms with Crippen molar-refractivity contribution in [3.63, 3.8) is 0 Å². The van der Waals surface area contributed by atoms with E-state index in [2.05, 4.69) is 46.7 Å². The Morgan fingerprint density at radius 1 is 1.18 bits per heavy atom. The Hall–Kier alpha value is -2.09. The maximum Gasteiger partial charge on any atom is 0.0729 e. The van der Waals surface area contributed by atoms with Gasteiger partial charge in [-0.2, -0.15) is 0 Å². The molecule has 0 unspecified atom stereocenters. The summed E-state index contributed by atoms with van der Waals surface area (Å²) in [7, 11) is 0. The fourth-order valence-electron chi connectivity index (χ4n) is 2.77. The van der Waals surface area contributed by atoms with Crippen molar-refractivity contribution in [1.29, 1.82) is 0 Å². The molecule has 1 aliphatic heterocycles. The first-order valence-electron chi connectivity index (χ1n) is 5.98. The van der Waals surface area contributed by atoms with Crippen LogP contribution < -0.4 is 5.32 Å². The van der Waals surface area contributed by atoms with Crippen molar-refractivity contribution in [3.8, 4) is 0 Å². The van der Waals surface area contributed by atoms with Gasteiger partial charge in [-0.15, -0.1) is 0 Å². The summed E-state index contributed by atoms with van der Waals surface area (Å²) in [5.41, 5.74) is 6.29. The van der Waals surface area contributed by atoms with E-state index < -0.39 is 0 Å². The number of fused-ring (bicyclic) bond motifs is 1. The zero-order valence-corrected chi connectivity index (χ0v) is 9.40. The third-order valence-electron chi connectivity index (χ3n) is 3.53. The highest BCUT2D eigenvalue weighted by molar-refractivity contribution is 6.05. The Morgan fingerprint density at radius 3 is 3.18 bits per heavy atom. The van der Waals surface area contributed by atoms with Gasteiger partial charge >= 0.3 is 0 Å². The van der Waals surface area contributed by atoms with Crippen molar-refractivity contribution in [2.24, 2.45) is 0 Å².